The normalized spacial score (nSPS) is 12.0. The molecule has 2 amide bonds. The molecule has 0 aliphatic heterocycles. The lowest BCUT2D eigenvalue weighted by Crippen LogP contribution is -2.52. The maximum absolute atomic E-state index is 14.1. The lowest BCUT2D eigenvalue weighted by Gasteiger charge is -2.33. The van der Waals surface area contributed by atoms with Crippen LogP contribution in [0.4, 0.5) is 11.4 Å². The van der Waals surface area contributed by atoms with Gasteiger partial charge in [0.25, 0.3) is 15.7 Å². The van der Waals surface area contributed by atoms with E-state index in [0.29, 0.717) is 17.1 Å². The van der Waals surface area contributed by atoms with E-state index in [1.165, 1.54) is 47.4 Å². The fourth-order valence-electron chi connectivity index (χ4n) is 4.19. The van der Waals surface area contributed by atoms with Crippen molar-refractivity contribution in [3.63, 3.8) is 0 Å². The first-order chi connectivity index (χ1) is 19.8. The molecule has 0 aromatic heterocycles. The van der Waals surface area contributed by atoms with Gasteiger partial charge in [-0.2, -0.15) is 0 Å². The first-order valence-electron chi connectivity index (χ1n) is 13.2. The van der Waals surface area contributed by atoms with Gasteiger partial charge >= 0.3 is 0 Å². The third-order valence-corrected chi connectivity index (χ3v) is 8.87. The van der Waals surface area contributed by atoms with Crippen LogP contribution in [0, 0.1) is 16.0 Å². The Kier molecular flexibility index (Phi) is 11.3. The predicted octanol–water partition coefficient (Wildman–Crippen LogP) is 5.68. The Morgan fingerprint density at radius 1 is 0.976 bits per heavy atom. The Bertz CT molecular complexity index is 1540. The molecule has 0 aliphatic rings. The average molecular weight is 636 g/mol. The summed E-state index contributed by atoms with van der Waals surface area (Å²) in [6, 6.07) is 16.3. The lowest BCUT2D eigenvalue weighted by molar-refractivity contribution is -0.384. The van der Waals surface area contributed by atoms with Crippen LogP contribution in [0.3, 0.4) is 0 Å². The highest BCUT2D eigenvalue weighted by molar-refractivity contribution is 7.92. The average Bonchev–Trinajstić information content (AvgIpc) is 2.96. The highest BCUT2D eigenvalue weighted by Gasteiger charge is 2.34. The van der Waals surface area contributed by atoms with E-state index >= 15 is 0 Å². The summed E-state index contributed by atoms with van der Waals surface area (Å²) < 4.78 is 28.5. The molecule has 10 nitrogen and oxygen atoms in total. The maximum Gasteiger partial charge on any atom is 0.271 e. The minimum atomic E-state index is -4.36. The number of carbonyl (C=O) groups excluding carboxylic acids is 2. The summed E-state index contributed by atoms with van der Waals surface area (Å²) in [5.74, 6) is -0.933. The van der Waals surface area contributed by atoms with Crippen LogP contribution in [0.1, 0.15) is 32.8 Å². The monoisotopic (exact) mass is 634 g/mol. The molecule has 1 N–H and O–H groups in total. The van der Waals surface area contributed by atoms with Crippen LogP contribution in [-0.4, -0.2) is 49.2 Å². The van der Waals surface area contributed by atoms with E-state index in [2.05, 4.69) is 5.32 Å². The zero-order valence-corrected chi connectivity index (χ0v) is 25.7. The fourth-order valence-corrected chi connectivity index (χ4v) is 5.93. The molecule has 0 saturated heterocycles. The standard InChI is InChI=1S/C29H32Cl2N4O6S/c1-4-27(29(37)32-17-20(2)3)33(18-21-13-14-25(30)26(31)15-21)28(36)19-34(22-9-8-10-23(16-22)35(38)39)42(40,41)24-11-6-5-7-12-24/h5-16,20,27H,4,17-19H2,1-3H3,(H,32,37)/t27-/m0/s1. The van der Waals surface area contributed by atoms with Gasteiger partial charge in [0, 0.05) is 25.2 Å². The number of anilines is 1. The van der Waals surface area contributed by atoms with Crippen molar-refractivity contribution in [2.75, 3.05) is 17.4 Å². The molecular formula is C29H32Cl2N4O6S. The summed E-state index contributed by atoms with van der Waals surface area (Å²) in [6.45, 7) is 5.20. The van der Waals surface area contributed by atoms with Crippen LogP contribution in [0.25, 0.3) is 0 Å². The molecule has 3 rings (SSSR count). The van der Waals surface area contributed by atoms with E-state index < -0.39 is 39.3 Å². The number of nitro benzene ring substituents is 1. The summed E-state index contributed by atoms with van der Waals surface area (Å²) in [7, 11) is -4.36. The SMILES string of the molecule is CC[C@@H](C(=O)NCC(C)C)N(Cc1ccc(Cl)c(Cl)c1)C(=O)CN(c1cccc([N+](=O)[O-])c1)S(=O)(=O)c1ccccc1. The van der Waals surface area contributed by atoms with E-state index in [9.17, 15) is 28.1 Å². The van der Waals surface area contributed by atoms with Crippen LogP contribution < -0.4 is 9.62 Å². The van der Waals surface area contributed by atoms with E-state index in [4.69, 9.17) is 23.2 Å². The van der Waals surface area contributed by atoms with Crippen LogP contribution in [-0.2, 0) is 26.2 Å². The lowest BCUT2D eigenvalue weighted by atomic mass is 10.1. The molecule has 3 aromatic rings. The van der Waals surface area contributed by atoms with Crippen LogP contribution in [0.2, 0.25) is 10.0 Å². The number of halogens is 2. The minimum absolute atomic E-state index is 0.0719. The van der Waals surface area contributed by atoms with Crippen molar-refractivity contribution in [2.24, 2.45) is 5.92 Å². The Hall–Kier alpha value is -3.67. The Balaban J connectivity index is 2.09. The van der Waals surface area contributed by atoms with Crippen molar-refractivity contribution in [1.29, 1.82) is 0 Å². The van der Waals surface area contributed by atoms with Crippen molar-refractivity contribution in [1.82, 2.24) is 10.2 Å². The van der Waals surface area contributed by atoms with E-state index in [0.717, 1.165) is 10.4 Å². The number of nitrogens with one attached hydrogen (secondary N) is 1. The number of nitrogens with zero attached hydrogens (tertiary/aromatic N) is 3. The molecular weight excluding hydrogens is 603 g/mol. The van der Waals surface area contributed by atoms with Gasteiger partial charge in [-0.3, -0.25) is 24.0 Å². The second-order valence-corrected chi connectivity index (χ2v) is 12.6. The summed E-state index contributed by atoms with van der Waals surface area (Å²) in [5.41, 5.74) is 0.147. The van der Waals surface area contributed by atoms with Crippen molar-refractivity contribution in [2.45, 2.75) is 44.7 Å². The summed E-state index contributed by atoms with van der Waals surface area (Å²) in [5, 5.41) is 14.9. The first-order valence-corrected chi connectivity index (χ1v) is 15.4. The second kappa shape index (κ2) is 14.5. The van der Waals surface area contributed by atoms with Gasteiger partial charge in [-0.25, -0.2) is 8.42 Å². The second-order valence-electron chi connectivity index (χ2n) is 9.93. The number of benzene rings is 3. The quantitative estimate of drug-likeness (QED) is 0.190. The van der Waals surface area contributed by atoms with Gasteiger partial charge in [0.2, 0.25) is 11.8 Å². The van der Waals surface area contributed by atoms with Gasteiger partial charge in [0.05, 0.1) is 25.6 Å². The van der Waals surface area contributed by atoms with E-state index in [1.54, 1.807) is 31.2 Å². The number of nitro groups is 1. The molecule has 0 unspecified atom stereocenters. The van der Waals surface area contributed by atoms with Gasteiger partial charge in [-0.15, -0.1) is 0 Å². The minimum Gasteiger partial charge on any atom is -0.354 e. The number of amides is 2. The Labute approximate surface area is 255 Å². The molecule has 0 saturated carbocycles. The fraction of sp³-hybridized carbons (Fsp3) is 0.310. The van der Waals surface area contributed by atoms with Crippen molar-refractivity contribution >= 4 is 56.4 Å². The molecule has 224 valence electrons. The number of non-ortho nitro benzene ring substituents is 1. The van der Waals surface area contributed by atoms with Gasteiger partial charge < -0.3 is 10.2 Å². The van der Waals surface area contributed by atoms with Gasteiger partial charge in [-0.1, -0.05) is 74.3 Å². The summed E-state index contributed by atoms with van der Waals surface area (Å²) in [4.78, 5) is 39.4. The van der Waals surface area contributed by atoms with Crippen LogP contribution >= 0.6 is 23.2 Å². The molecule has 0 spiro atoms. The molecule has 3 aromatic carbocycles. The number of carbonyl (C=O) groups is 2. The Morgan fingerprint density at radius 2 is 1.67 bits per heavy atom. The highest BCUT2D eigenvalue weighted by Crippen LogP contribution is 2.28. The molecule has 1 atom stereocenters. The van der Waals surface area contributed by atoms with Crippen molar-refractivity contribution in [3.05, 3.63) is 98.5 Å². The van der Waals surface area contributed by atoms with Crippen molar-refractivity contribution in [3.8, 4) is 0 Å². The highest BCUT2D eigenvalue weighted by atomic mass is 35.5. The maximum atomic E-state index is 14.1. The molecule has 42 heavy (non-hydrogen) atoms. The van der Waals surface area contributed by atoms with Crippen LogP contribution in [0.15, 0.2) is 77.7 Å². The van der Waals surface area contributed by atoms with Crippen molar-refractivity contribution < 1.29 is 22.9 Å². The zero-order chi connectivity index (χ0) is 31.0. The summed E-state index contributed by atoms with van der Waals surface area (Å²) >= 11 is 12.3. The number of hydrogen-bond donors (Lipinski definition) is 1. The topological polar surface area (TPSA) is 130 Å². The Morgan fingerprint density at radius 3 is 2.26 bits per heavy atom. The molecule has 0 fully saturated rings. The first kappa shape index (κ1) is 32.8. The largest absolute Gasteiger partial charge is 0.354 e. The third kappa shape index (κ3) is 8.21. The summed E-state index contributed by atoms with van der Waals surface area (Å²) in [6.07, 6.45) is 0.235. The van der Waals surface area contributed by atoms with E-state index in [-0.39, 0.29) is 40.2 Å². The molecule has 13 heteroatoms. The zero-order valence-electron chi connectivity index (χ0n) is 23.4. The predicted molar refractivity (Wildman–Crippen MR) is 163 cm³/mol. The molecule has 0 bridgehead atoms. The smallest absolute Gasteiger partial charge is 0.271 e. The number of hydrogen-bond acceptors (Lipinski definition) is 6. The number of rotatable bonds is 13. The molecule has 0 aliphatic carbocycles. The molecule has 0 heterocycles. The van der Waals surface area contributed by atoms with Gasteiger partial charge in [0.15, 0.2) is 0 Å². The number of sulfonamides is 1. The van der Waals surface area contributed by atoms with Crippen LogP contribution in [0.5, 0.6) is 0 Å². The van der Waals surface area contributed by atoms with E-state index in [1.807, 2.05) is 13.8 Å². The third-order valence-electron chi connectivity index (χ3n) is 6.35. The van der Waals surface area contributed by atoms with Gasteiger partial charge in [-0.05, 0) is 48.2 Å². The van der Waals surface area contributed by atoms with Gasteiger partial charge in [0.1, 0.15) is 12.6 Å². The molecule has 0 radical (unpaired) electrons.